The zero-order valence-corrected chi connectivity index (χ0v) is 13.7. The van der Waals surface area contributed by atoms with Crippen LogP contribution in [0.15, 0.2) is 42.5 Å². The number of halogens is 3. The Labute approximate surface area is 142 Å². The van der Waals surface area contributed by atoms with Gasteiger partial charge in [-0.25, -0.2) is 0 Å². The van der Waals surface area contributed by atoms with Gasteiger partial charge in [0.25, 0.3) is 0 Å². The molecule has 0 N–H and O–H groups in total. The Bertz CT molecular complexity index is 963. The highest BCUT2D eigenvalue weighted by atomic mass is 19.4. The molecule has 0 unspecified atom stereocenters. The zero-order valence-electron chi connectivity index (χ0n) is 13.7. The Hall–Kier alpha value is -2.94. The first-order valence-electron chi connectivity index (χ1n) is 7.68. The Morgan fingerprint density at radius 3 is 2.32 bits per heavy atom. The minimum atomic E-state index is -4.39. The maximum absolute atomic E-state index is 12.8. The fourth-order valence-electron chi connectivity index (χ4n) is 3.02. The highest BCUT2D eigenvalue weighted by Gasteiger charge is 2.30. The highest BCUT2D eigenvalue weighted by Crippen LogP contribution is 2.37. The number of rotatable bonds is 3. The Morgan fingerprint density at radius 2 is 1.80 bits per heavy atom. The molecule has 25 heavy (non-hydrogen) atoms. The Kier molecular flexibility index (Phi) is 4.17. The molecule has 0 atom stereocenters. The van der Waals surface area contributed by atoms with Crippen molar-refractivity contribution in [2.45, 2.75) is 19.6 Å². The topological polar surface area (TPSA) is 38.0 Å². The second kappa shape index (κ2) is 6.17. The summed E-state index contributed by atoms with van der Waals surface area (Å²) >= 11 is 0. The predicted octanol–water partition coefficient (Wildman–Crippen LogP) is 5.23. The van der Waals surface area contributed by atoms with Crippen LogP contribution in [0.2, 0.25) is 0 Å². The van der Waals surface area contributed by atoms with Gasteiger partial charge >= 0.3 is 6.18 Å². The minimum absolute atomic E-state index is 0.444. The van der Waals surface area contributed by atoms with Gasteiger partial charge in [-0.2, -0.15) is 18.4 Å². The summed E-state index contributed by atoms with van der Waals surface area (Å²) in [4.78, 5) is 0. The van der Waals surface area contributed by atoms with Crippen molar-refractivity contribution in [1.29, 1.82) is 5.26 Å². The van der Waals surface area contributed by atoms with Crippen molar-refractivity contribution < 1.29 is 17.9 Å². The maximum Gasteiger partial charge on any atom is 0.416 e. The maximum atomic E-state index is 12.8. The van der Waals surface area contributed by atoms with E-state index in [0.29, 0.717) is 29.1 Å². The van der Waals surface area contributed by atoms with Crippen molar-refractivity contribution in [1.82, 2.24) is 4.57 Å². The lowest BCUT2D eigenvalue weighted by Gasteiger charge is -2.11. The van der Waals surface area contributed by atoms with Crippen LogP contribution in [0.25, 0.3) is 22.2 Å². The van der Waals surface area contributed by atoms with E-state index in [2.05, 4.69) is 6.07 Å². The fraction of sp³-hybridized carbons (Fsp3) is 0.211. The minimum Gasteiger partial charge on any atom is -0.497 e. The van der Waals surface area contributed by atoms with E-state index in [9.17, 15) is 18.4 Å². The molecule has 3 rings (SSSR count). The zero-order chi connectivity index (χ0) is 18.2. The summed E-state index contributed by atoms with van der Waals surface area (Å²) in [5, 5.41) is 10.4. The van der Waals surface area contributed by atoms with Gasteiger partial charge in [0.15, 0.2) is 0 Å². The summed E-state index contributed by atoms with van der Waals surface area (Å²) in [7, 11) is 1.56. The van der Waals surface area contributed by atoms with E-state index < -0.39 is 11.7 Å². The summed E-state index contributed by atoms with van der Waals surface area (Å²) in [5.41, 5.74) is 1.73. The lowest BCUT2D eigenvalue weighted by atomic mass is 10.0. The molecule has 0 fully saturated rings. The standard InChI is InChI=1S/C19H15F3N2O/c1-3-24-17-10-14(25-2)8-9-15(17)16(11-23)18(24)12-4-6-13(7-5-12)19(20,21)22/h4-10H,3H2,1-2H3. The Morgan fingerprint density at radius 1 is 1.12 bits per heavy atom. The van der Waals surface area contributed by atoms with Crippen molar-refractivity contribution in [3.63, 3.8) is 0 Å². The van der Waals surface area contributed by atoms with Crippen LogP contribution in [-0.2, 0) is 12.7 Å². The molecule has 0 aliphatic rings. The largest absolute Gasteiger partial charge is 0.497 e. The van der Waals surface area contributed by atoms with Crippen LogP contribution < -0.4 is 4.74 Å². The summed E-state index contributed by atoms with van der Waals surface area (Å²) in [6.45, 7) is 2.50. The molecular weight excluding hydrogens is 329 g/mol. The monoisotopic (exact) mass is 344 g/mol. The molecule has 0 aliphatic heterocycles. The molecule has 0 saturated heterocycles. The van der Waals surface area contributed by atoms with Crippen LogP contribution in [0.4, 0.5) is 13.2 Å². The molecule has 2 aromatic carbocycles. The lowest BCUT2D eigenvalue weighted by Crippen LogP contribution is -2.04. The van der Waals surface area contributed by atoms with Crippen LogP contribution in [0.5, 0.6) is 5.75 Å². The quantitative estimate of drug-likeness (QED) is 0.653. The summed E-state index contributed by atoms with van der Waals surface area (Å²) < 4.78 is 45.5. The summed E-state index contributed by atoms with van der Waals surface area (Å²) in [6.07, 6.45) is -4.39. The summed E-state index contributed by atoms with van der Waals surface area (Å²) in [6, 6.07) is 12.5. The molecule has 0 spiro atoms. The first kappa shape index (κ1) is 16.9. The lowest BCUT2D eigenvalue weighted by molar-refractivity contribution is -0.137. The third kappa shape index (κ3) is 2.82. The molecular formula is C19H15F3N2O. The number of alkyl halides is 3. The van der Waals surface area contributed by atoms with E-state index in [0.717, 1.165) is 23.0 Å². The number of fused-ring (bicyclic) bond motifs is 1. The molecule has 1 aromatic heterocycles. The molecule has 3 aromatic rings. The van der Waals surface area contributed by atoms with Gasteiger partial charge < -0.3 is 9.30 Å². The van der Waals surface area contributed by atoms with Crippen molar-refractivity contribution in [3.05, 3.63) is 53.6 Å². The van der Waals surface area contributed by atoms with Crippen LogP contribution in [-0.4, -0.2) is 11.7 Å². The van der Waals surface area contributed by atoms with Crippen LogP contribution in [0, 0.1) is 11.3 Å². The van der Waals surface area contributed by atoms with Gasteiger partial charge in [0, 0.05) is 18.0 Å². The van der Waals surface area contributed by atoms with Crippen molar-refractivity contribution in [2.75, 3.05) is 7.11 Å². The third-order valence-corrected chi connectivity index (χ3v) is 4.19. The number of methoxy groups -OCH3 is 1. The third-order valence-electron chi connectivity index (χ3n) is 4.19. The molecule has 0 aliphatic carbocycles. The van der Waals surface area contributed by atoms with Crippen LogP contribution in [0.1, 0.15) is 18.1 Å². The number of benzene rings is 2. The molecule has 0 radical (unpaired) electrons. The van der Waals surface area contributed by atoms with Gasteiger partial charge in [-0.3, -0.25) is 0 Å². The first-order valence-corrected chi connectivity index (χ1v) is 7.68. The molecule has 1 heterocycles. The van der Waals surface area contributed by atoms with Crippen LogP contribution >= 0.6 is 0 Å². The second-order valence-electron chi connectivity index (χ2n) is 5.54. The van der Waals surface area contributed by atoms with E-state index in [1.54, 1.807) is 19.2 Å². The van der Waals surface area contributed by atoms with E-state index in [4.69, 9.17) is 4.74 Å². The number of hydrogen-bond acceptors (Lipinski definition) is 2. The molecule has 3 nitrogen and oxygen atoms in total. The number of nitrogens with zero attached hydrogens (tertiary/aromatic N) is 2. The van der Waals surface area contributed by atoms with Gasteiger partial charge in [0.05, 0.1) is 29.4 Å². The molecule has 0 bridgehead atoms. The SMILES string of the molecule is CCn1c(-c2ccc(C(F)(F)F)cc2)c(C#N)c2ccc(OC)cc21. The number of aromatic nitrogens is 1. The molecule has 0 amide bonds. The smallest absolute Gasteiger partial charge is 0.416 e. The molecule has 6 heteroatoms. The number of hydrogen-bond donors (Lipinski definition) is 0. The highest BCUT2D eigenvalue weighted by molar-refractivity contribution is 5.95. The van der Waals surface area contributed by atoms with Gasteiger partial charge in [-0.05, 0) is 36.8 Å². The van der Waals surface area contributed by atoms with Gasteiger partial charge in [-0.15, -0.1) is 0 Å². The Balaban J connectivity index is 2.26. The second-order valence-corrected chi connectivity index (χ2v) is 5.54. The number of ether oxygens (including phenoxy) is 1. The van der Waals surface area contributed by atoms with E-state index in [-0.39, 0.29) is 0 Å². The van der Waals surface area contributed by atoms with Crippen LogP contribution in [0.3, 0.4) is 0 Å². The van der Waals surface area contributed by atoms with Gasteiger partial charge in [-0.1, -0.05) is 12.1 Å². The van der Waals surface area contributed by atoms with E-state index in [1.807, 2.05) is 17.6 Å². The average Bonchev–Trinajstić information content (AvgIpc) is 2.93. The number of nitriles is 1. The van der Waals surface area contributed by atoms with Crippen molar-refractivity contribution in [3.8, 4) is 23.1 Å². The predicted molar refractivity (Wildman–Crippen MR) is 89.3 cm³/mol. The van der Waals surface area contributed by atoms with Gasteiger partial charge in [0.1, 0.15) is 11.8 Å². The van der Waals surface area contributed by atoms with Crippen molar-refractivity contribution in [2.24, 2.45) is 0 Å². The summed E-state index contributed by atoms with van der Waals surface area (Å²) in [5.74, 6) is 0.656. The van der Waals surface area contributed by atoms with Crippen molar-refractivity contribution >= 4 is 10.9 Å². The number of aryl methyl sites for hydroxylation is 1. The molecule has 128 valence electrons. The molecule has 0 saturated carbocycles. The van der Waals surface area contributed by atoms with Gasteiger partial charge in [0.2, 0.25) is 0 Å². The fourth-order valence-corrected chi connectivity index (χ4v) is 3.02. The average molecular weight is 344 g/mol. The van der Waals surface area contributed by atoms with E-state index in [1.165, 1.54) is 12.1 Å². The van der Waals surface area contributed by atoms with E-state index >= 15 is 0 Å². The first-order chi connectivity index (χ1) is 11.9. The normalized spacial score (nSPS) is 11.5.